The normalized spacial score (nSPS) is 11.8. The van der Waals surface area contributed by atoms with Gasteiger partial charge in [-0.15, -0.1) is 0 Å². The van der Waals surface area contributed by atoms with E-state index in [2.05, 4.69) is 10.6 Å². The van der Waals surface area contributed by atoms with Gasteiger partial charge >= 0.3 is 11.8 Å². The first kappa shape index (κ1) is 14.2. The molecule has 5 nitrogen and oxygen atoms in total. The van der Waals surface area contributed by atoms with Crippen LogP contribution in [-0.2, 0) is 9.59 Å². The molecule has 0 bridgehead atoms. The lowest BCUT2D eigenvalue weighted by molar-refractivity contribution is -0.136. The van der Waals surface area contributed by atoms with Crippen LogP contribution in [0.4, 0.5) is 5.69 Å². The fourth-order valence-electron chi connectivity index (χ4n) is 1.57. The number of aliphatic hydroxyl groups is 1. The molecule has 1 unspecified atom stereocenters. The van der Waals surface area contributed by atoms with Crippen LogP contribution in [0.5, 0.6) is 0 Å². The van der Waals surface area contributed by atoms with Crippen LogP contribution in [0.3, 0.4) is 0 Å². The van der Waals surface area contributed by atoms with Crippen LogP contribution in [0, 0.1) is 13.8 Å². The Morgan fingerprint density at radius 2 is 1.72 bits per heavy atom. The lowest BCUT2D eigenvalue weighted by atomic mass is 10.1. The first-order valence-corrected chi connectivity index (χ1v) is 5.73. The third kappa shape index (κ3) is 4.18. The number of aryl methyl sites for hydroxylation is 2. The van der Waals surface area contributed by atoms with Crippen LogP contribution in [0.2, 0.25) is 0 Å². The van der Waals surface area contributed by atoms with Gasteiger partial charge in [0, 0.05) is 11.7 Å². The Bertz CT molecular complexity index is 437. The van der Waals surface area contributed by atoms with E-state index in [1.807, 2.05) is 19.9 Å². The van der Waals surface area contributed by atoms with Gasteiger partial charge in [0.1, 0.15) is 0 Å². The van der Waals surface area contributed by atoms with E-state index in [-0.39, 0.29) is 6.61 Å². The van der Waals surface area contributed by atoms with Gasteiger partial charge in [-0.3, -0.25) is 9.59 Å². The molecule has 18 heavy (non-hydrogen) atoms. The van der Waals surface area contributed by atoms with Gasteiger partial charge in [-0.05, 0) is 44.0 Å². The Hall–Kier alpha value is -1.88. The number of carbonyl (C=O) groups excluding carboxylic acids is 2. The Kier molecular flexibility index (Phi) is 4.85. The molecule has 0 aliphatic carbocycles. The number of anilines is 1. The van der Waals surface area contributed by atoms with E-state index in [0.29, 0.717) is 5.69 Å². The van der Waals surface area contributed by atoms with E-state index in [4.69, 9.17) is 5.11 Å². The second kappa shape index (κ2) is 6.16. The van der Waals surface area contributed by atoms with Crippen molar-refractivity contribution in [3.05, 3.63) is 29.3 Å². The summed E-state index contributed by atoms with van der Waals surface area (Å²) >= 11 is 0. The highest BCUT2D eigenvalue weighted by Crippen LogP contribution is 2.13. The smallest absolute Gasteiger partial charge is 0.313 e. The maximum atomic E-state index is 11.6. The zero-order valence-corrected chi connectivity index (χ0v) is 10.8. The van der Waals surface area contributed by atoms with E-state index < -0.39 is 17.9 Å². The van der Waals surface area contributed by atoms with Crippen molar-refractivity contribution in [3.63, 3.8) is 0 Å². The molecule has 2 amide bonds. The minimum Gasteiger partial charge on any atom is -0.394 e. The highest BCUT2D eigenvalue weighted by atomic mass is 16.3. The number of benzene rings is 1. The first-order valence-electron chi connectivity index (χ1n) is 5.73. The van der Waals surface area contributed by atoms with Crippen molar-refractivity contribution in [2.75, 3.05) is 11.9 Å². The summed E-state index contributed by atoms with van der Waals surface area (Å²) in [6.45, 7) is 5.23. The van der Waals surface area contributed by atoms with Crippen molar-refractivity contribution in [2.24, 2.45) is 0 Å². The maximum absolute atomic E-state index is 11.6. The molecule has 1 atom stereocenters. The summed E-state index contributed by atoms with van der Waals surface area (Å²) in [6.07, 6.45) is 0. The second-order valence-electron chi connectivity index (χ2n) is 4.39. The van der Waals surface area contributed by atoms with Crippen LogP contribution in [0.25, 0.3) is 0 Å². The molecule has 1 aromatic carbocycles. The van der Waals surface area contributed by atoms with Crippen LogP contribution in [-0.4, -0.2) is 29.6 Å². The molecule has 0 saturated carbocycles. The fourth-order valence-corrected chi connectivity index (χ4v) is 1.57. The van der Waals surface area contributed by atoms with Gasteiger partial charge < -0.3 is 15.7 Å². The Morgan fingerprint density at radius 3 is 2.22 bits per heavy atom. The Labute approximate surface area is 106 Å². The molecule has 0 spiro atoms. The quantitative estimate of drug-likeness (QED) is 0.692. The van der Waals surface area contributed by atoms with Gasteiger partial charge in [0.2, 0.25) is 0 Å². The van der Waals surface area contributed by atoms with E-state index in [9.17, 15) is 9.59 Å². The molecule has 0 fully saturated rings. The summed E-state index contributed by atoms with van der Waals surface area (Å²) in [4.78, 5) is 23.0. The minimum atomic E-state index is -0.754. The van der Waals surface area contributed by atoms with Crippen molar-refractivity contribution in [2.45, 2.75) is 26.8 Å². The van der Waals surface area contributed by atoms with Crippen molar-refractivity contribution < 1.29 is 14.7 Å². The topological polar surface area (TPSA) is 78.4 Å². The molecule has 0 aromatic heterocycles. The van der Waals surface area contributed by atoms with E-state index >= 15 is 0 Å². The summed E-state index contributed by atoms with van der Waals surface area (Å²) in [5.74, 6) is -1.49. The van der Waals surface area contributed by atoms with Crippen molar-refractivity contribution in [3.8, 4) is 0 Å². The molecule has 1 aromatic rings. The largest absolute Gasteiger partial charge is 0.394 e. The zero-order valence-electron chi connectivity index (χ0n) is 10.8. The fraction of sp³-hybridized carbons (Fsp3) is 0.385. The van der Waals surface area contributed by atoms with Gasteiger partial charge in [0.25, 0.3) is 0 Å². The molecule has 0 aliphatic rings. The predicted molar refractivity (Wildman–Crippen MR) is 69.2 cm³/mol. The average molecular weight is 250 g/mol. The number of nitrogens with one attached hydrogen (secondary N) is 2. The number of aliphatic hydroxyl groups excluding tert-OH is 1. The van der Waals surface area contributed by atoms with Gasteiger partial charge in [0.15, 0.2) is 0 Å². The Balaban J connectivity index is 2.66. The average Bonchev–Trinajstić information content (AvgIpc) is 2.27. The highest BCUT2D eigenvalue weighted by molar-refractivity contribution is 6.39. The number of hydrogen-bond donors (Lipinski definition) is 3. The second-order valence-corrected chi connectivity index (χ2v) is 4.39. The predicted octanol–water partition coefficient (Wildman–Crippen LogP) is 0.739. The molecule has 0 saturated heterocycles. The summed E-state index contributed by atoms with van der Waals surface area (Å²) in [7, 11) is 0. The standard InChI is InChI=1S/C13H18N2O3/c1-8-4-9(2)6-11(5-8)15-13(18)12(17)14-10(3)7-16/h4-6,10,16H,7H2,1-3H3,(H,14,17)(H,15,18). The van der Waals surface area contributed by atoms with E-state index in [1.165, 1.54) is 0 Å². The lowest BCUT2D eigenvalue weighted by Crippen LogP contribution is -2.42. The van der Waals surface area contributed by atoms with Crippen molar-refractivity contribution in [1.29, 1.82) is 0 Å². The van der Waals surface area contributed by atoms with E-state index in [0.717, 1.165) is 11.1 Å². The van der Waals surface area contributed by atoms with Gasteiger partial charge in [-0.1, -0.05) is 6.07 Å². The number of amides is 2. The van der Waals surface area contributed by atoms with Crippen LogP contribution in [0.15, 0.2) is 18.2 Å². The minimum absolute atomic E-state index is 0.206. The summed E-state index contributed by atoms with van der Waals surface area (Å²) < 4.78 is 0. The summed E-state index contributed by atoms with van der Waals surface area (Å²) in [5, 5.41) is 13.7. The molecule has 0 aliphatic heterocycles. The van der Waals surface area contributed by atoms with E-state index in [1.54, 1.807) is 19.1 Å². The molecule has 0 heterocycles. The highest BCUT2D eigenvalue weighted by Gasteiger charge is 2.15. The Morgan fingerprint density at radius 1 is 1.17 bits per heavy atom. The monoisotopic (exact) mass is 250 g/mol. The van der Waals surface area contributed by atoms with Crippen LogP contribution < -0.4 is 10.6 Å². The molecular weight excluding hydrogens is 232 g/mol. The maximum Gasteiger partial charge on any atom is 0.313 e. The summed E-state index contributed by atoms with van der Waals surface area (Å²) in [5.41, 5.74) is 2.60. The number of rotatable bonds is 3. The molecule has 98 valence electrons. The molecule has 5 heteroatoms. The van der Waals surface area contributed by atoms with Gasteiger partial charge in [0.05, 0.1) is 6.61 Å². The van der Waals surface area contributed by atoms with Crippen LogP contribution in [0.1, 0.15) is 18.1 Å². The molecular formula is C13H18N2O3. The zero-order chi connectivity index (χ0) is 13.7. The van der Waals surface area contributed by atoms with Crippen molar-refractivity contribution in [1.82, 2.24) is 5.32 Å². The summed E-state index contributed by atoms with van der Waals surface area (Å²) in [6, 6.07) is 5.10. The SMILES string of the molecule is Cc1cc(C)cc(NC(=O)C(=O)NC(C)CO)c1. The van der Waals surface area contributed by atoms with Crippen molar-refractivity contribution >= 4 is 17.5 Å². The molecule has 1 rings (SSSR count). The molecule has 0 radical (unpaired) electrons. The lowest BCUT2D eigenvalue weighted by Gasteiger charge is -2.11. The number of hydrogen-bond acceptors (Lipinski definition) is 3. The van der Waals surface area contributed by atoms with Gasteiger partial charge in [-0.25, -0.2) is 0 Å². The van der Waals surface area contributed by atoms with Crippen LogP contribution >= 0.6 is 0 Å². The third-order valence-corrected chi connectivity index (χ3v) is 2.34. The molecule has 3 N–H and O–H groups in total. The number of carbonyl (C=O) groups is 2. The van der Waals surface area contributed by atoms with Gasteiger partial charge in [-0.2, -0.15) is 0 Å². The third-order valence-electron chi connectivity index (χ3n) is 2.34. The first-order chi connectivity index (χ1) is 8.42.